The van der Waals surface area contributed by atoms with Crippen molar-refractivity contribution in [3.05, 3.63) is 34.6 Å². The molecule has 1 aromatic carbocycles. The molecule has 2 saturated heterocycles. The lowest BCUT2D eigenvalue weighted by molar-refractivity contribution is -0.00864. The number of likely N-dealkylation sites (tertiary alicyclic amines) is 1. The Hall–Kier alpha value is -2.14. The van der Waals surface area contributed by atoms with Crippen molar-refractivity contribution in [3.63, 3.8) is 0 Å². The third-order valence-corrected chi connectivity index (χ3v) is 7.12. The molecule has 4 N–H and O–H groups in total. The molecule has 37 heavy (non-hydrogen) atoms. The van der Waals surface area contributed by atoms with E-state index in [4.69, 9.17) is 26.8 Å². The molecule has 1 aromatic rings. The number of amides is 3. The fourth-order valence-corrected chi connectivity index (χ4v) is 5.32. The first kappa shape index (κ1) is 29.4. The third-order valence-electron chi connectivity index (χ3n) is 6.90. The van der Waals surface area contributed by atoms with Crippen molar-refractivity contribution in [2.24, 2.45) is 17.6 Å². The van der Waals surface area contributed by atoms with Gasteiger partial charge >= 0.3 is 12.1 Å². The Kier molecular flexibility index (Phi) is 12.2. The smallest absolute Gasteiger partial charge is 0.406 e. The molecule has 0 bridgehead atoms. The zero-order valence-corrected chi connectivity index (χ0v) is 22.3. The molecule has 9 nitrogen and oxygen atoms in total. The highest BCUT2D eigenvalue weighted by atomic mass is 35.5. The normalized spacial score (nSPS) is 22.0. The topological polar surface area (TPSA) is 115 Å². The van der Waals surface area contributed by atoms with Crippen LogP contribution in [0.5, 0.6) is 0 Å². The zero-order chi connectivity index (χ0) is 26.6. The number of halogens is 2. The molecule has 0 spiro atoms. The van der Waals surface area contributed by atoms with E-state index in [-0.39, 0.29) is 36.2 Å². The van der Waals surface area contributed by atoms with Crippen molar-refractivity contribution >= 4 is 23.7 Å². The summed E-state index contributed by atoms with van der Waals surface area (Å²) in [4.78, 5) is 26.1. The maximum atomic E-state index is 14.2. The highest BCUT2D eigenvalue weighted by Crippen LogP contribution is 2.34. The van der Waals surface area contributed by atoms with Gasteiger partial charge in [0.1, 0.15) is 5.82 Å². The minimum atomic E-state index is -0.556. The number of urea groups is 1. The lowest BCUT2D eigenvalue weighted by atomic mass is 9.88. The Morgan fingerprint density at radius 2 is 2.08 bits per heavy atom. The molecule has 2 aliphatic rings. The molecular weight excluding hydrogens is 503 g/mol. The van der Waals surface area contributed by atoms with E-state index >= 15 is 0 Å². The first-order valence-electron chi connectivity index (χ1n) is 13.1. The third kappa shape index (κ3) is 9.92. The van der Waals surface area contributed by atoms with E-state index in [1.165, 1.54) is 19.2 Å². The number of alkyl carbamates (subject to hydrolysis) is 1. The molecule has 208 valence electrons. The number of nitrogens with zero attached hydrogens (tertiary/aromatic N) is 1. The van der Waals surface area contributed by atoms with E-state index in [1.807, 2.05) is 0 Å². The van der Waals surface area contributed by atoms with Crippen LogP contribution in [-0.2, 0) is 14.2 Å². The molecule has 2 fully saturated rings. The second-order valence-corrected chi connectivity index (χ2v) is 10.3. The maximum Gasteiger partial charge on any atom is 0.406 e. The summed E-state index contributed by atoms with van der Waals surface area (Å²) >= 11 is 6.12. The minimum Gasteiger partial charge on any atom is -0.453 e. The molecule has 4 atom stereocenters. The Balaban J connectivity index is 1.57. The van der Waals surface area contributed by atoms with Crippen LogP contribution in [0.4, 0.5) is 14.0 Å². The summed E-state index contributed by atoms with van der Waals surface area (Å²) < 4.78 is 30.5. The summed E-state index contributed by atoms with van der Waals surface area (Å²) in [5, 5.41) is 5.83. The average Bonchev–Trinajstić information content (AvgIpc) is 3.15. The molecule has 0 aliphatic carbocycles. The van der Waals surface area contributed by atoms with E-state index < -0.39 is 18.0 Å². The monoisotopic (exact) mass is 542 g/mol. The van der Waals surface area contributed by atoms with Gasteiger partial charge in [-0.05, 0) is 61.8 Å². The van der Waals surface area contributed by atoms with E-state index in [1.54, 1.807) is 11.0 Å². The highest BCUT2D eigenvalue weighted by Gasteiger charge is 2.32. The summed E-state index contributed by atoms with van der Waals surface area (Å²) in [7, 11) is 1.29. The SMILES string of the molecule is COC(=O)NCCO[C@@H](c1cc(F)cc(Cl)c1)[C@@H]1CCCN(C(=O)NC[C@@H](N)C[C@H]2CCCCOC2)C1. The number of hydrogen-bond acceptors (Lipinski definition) is 6. The molecular formula is C26H40ClFN4O5. The van der Waals surface area contributed by atoms with E-state index in [0.29, 0.717) is 31.1 Å². The number of benzene rings is 1. The van der Waals surface area contributed by atoms with Crippen LogP contribution < -0.4 is 16.4 Å². The van der Waals surface area contributed by atoms with Crippen molar-refractivity contribution in [1.29, 1.82) is 0 Å². The van der Waals surface area contributed by atoms with Crippen LogP contribution in [0.15, 0.2) is 18.2 Å². The molecule has 2 aliphatic heterocycles. The fraction of sp³-hybridized carbons (Fsp3) is 0.692. The molecule has 0 aromatic heterocycles. The second kappa shape index (κ2) is 15.3. The fourth-order valence-electron chi connectivity index (χ4n) is 5.09. The lowest BCUT2D eigenvalue weighted by Crippen LogP contribution is -2.49. The van der Waals surface area contributed by atoms with Gasteiger partial charge in [0, 0.05) is 56.4 Å². The van der Waals surface area contributed by atoms with Gasteiger partial charge < -0.3 is 35.5 Å². The summed E-state index contributed by atoms with van der Waals surface area (Å²) in [5.41, 5.74) is 6.92. The second-order valence-electron chi connectivity index (χ2n) is 9.88. The van der Waals surface area contributed by atoms with Crippen LogP contribution in [0, 0.1) is 17.7 Å². The van der Waals surface area contributed by atoms with Crippen molar-refractivity contribution in [3.8, 4) is 0 Å². The lowest BCUT2D eigenvalue weighted by Gasteiger charge is -2.37. The first-order chi connectivity index (χ1) is 17.9. The number of nitrogens with one attached hydrogen (secondary N) is 2. The number of methoxy groups -OCH3 is 1. The van der Waals surface area contributed by atoms with Crippen molar-refractivity contribution in [2.75, 3.05) is 53.1 Å². The molecule has 0 saturated carbocycles. The largest absolute Gasteiger partial charge is 0.453 e. The van der Waals surface area contributed by atoms with Crippen LogP contribution in [0.3, 0.4) is 0 Å². The number of rotatable bonds is 10. The molecule has 0 radical (unpaired) electrons. The number of ether oxygens (including phenoxy) is 3. The van der Waals surface area contributed by atoms with Crippen LogP contribution in [0.25, 0.3) is 0 Å². The summed E-state index contributed by atoms with van der Waals surface area (Å²) in [6.45, 7) is 3.43. The number of nitrogens with two attached hydrogens (primary N) is 1. The van der Waals surface area contributed by atoms with Gasteiger partial charge in [-0.15, -0.1) is 0 Å². The van der Waals surface area contributed by atoms with Crippen LogP contribution in [-0.4, -0.2) is 76.2 Å². The predicted molar refractivity (Wildman–Crippen MR) is 139 cm³/mol. The summed E-state index contributed by atoms with van der Waals surface area (Å²) in [5.74, 6) is -0.104. The van der Waals surface area contributed by atoms with Gasteiger partial charge in [-0.1, -0.05) is 18.0 Å². The van der Waals surface area contributed by atoms with Crippen molar-refractivity contribution in [1.82, 2.24) is 15.5 Å². The molecule has 11 heteroatoms. The zero-order valence-electron chi connectivity index (χ0n) is 21.6. The maximum absolute atomic E-state index is 14.2. The van der Waals surface area contributed by atoms with Crippen LogP contribution >= 0.6 is 11.6 Å². The Morgan fingerprint density at radius 3 is 2.86 bits per heavy atom. The number of carbonyl (C=O) groups is 2. The van der Waals surface area contributed by atoms with E-state index in [2.05, 4.69) is 15.4 Å². The van der Waals surface area contributed by atoms with Crippen LogP contribution in [0.2, 0.25) is 5.02 Å². The van der Waals surface area contributed by atoms with Gasteiger partial charge in [0.2, 0.25) is 0 Å². The molecule has 0 unspecified atom stereocenters. The predicted octanol–water partition coefficient (Wildman–Crippen LogP) is 3.85. The van der Waals surface area contributed by atoms with Gasteiger partial charge in [-0.3, -0.25) is 0 Å². The van der Waals surface area contributed by atoms with Gasteiger partial charge in [-0.2, -0.15) is 0 Å². The first-order valence-corrected chi connectivity index (χ1v) is 13.5. The minimum absolute atomic E-state index is 0.0766. The van der Waals surface area contributed by atoms with Gasteiger partial charge in [0.25, 0.3) is 0 Å². The molecule has 2 heterocycles. The van der Waals surface area contributed by atoms with Gasteiger partial charge in [-0.25, -0.2) is 14.0 Å². The number of carbonyl (C=O) groups excluding carboxylic acids is 2. The summed E-state index contributed by atoms with van der Waals surface area (Å²) in [6, 6.07) is 4.02. The van der Waals surface area contributed by atoms with Gasteiger partial charge in [0.05, 0.1) is 19.8 Å². The Labute approximate surface area is 223 Å². The van der Waals surface area contributed by atoms with Gasteiger partial charge in [0.15, 0.2) is 0 Å². The molecule has 3 rings (SSSR count). The molecule has 3 amide bonds. The standard InChI is InChI=1S/C26H40ClFN4O5/c1-35-26(34)30-7-10-37-24(20-12-21(27)14-22(28)13-20)19-6-4-8-32(16-19)25(33)31-15-23(29)11-18-5-2-3-9-36-17-18/h12-14,18-19,23-24H,2-11,15-17,29H2,1H3,(H,30,34)(H,31,33)/t18-,19-,23+,24-/m1/s1. The highest BCUT2D eigenvalue weighted by molar-refractivity contribution is 6.30. The quantitative estimate of drug-likeness (QED) is 0.387. The Morgan fingerprint density at radius 1 is 1.24 bits per heavy atom. The average molecular weight is 543 g/mol. The summed E-state index contributed by atoms with van der Waals surface area (Å²) in [6.07, 6.45) is 4.69. The van der Waals surface area contributed by atoms with Crippen LogP contribution in [0.1, 0.15) is 50.2 Å². The Bertz CT molecular complexity index is 851. The van der Waals surface area contributed by atoms with E-state index in [0.717, 1.165) is 51.7 Å². The van der Waals surface area contributed by atoms with Crippen molar-refractivity contribution < 1.29 is 28.2 Å². The number of piperidine rings is 1. The van der Waals surface area contributed by atoms with Crippen molar-refractivity contribution in [2.45, 2.75) is 50.7 Å². The number of hydrogen-bond donors (Lipinski definition) is 3. The van der Waals surface area contributed by atoms with E-state index in [9.17, 15) is 14.0 Å².